The molecule has 1 aliphatic heterocycles. The predicted octanol–water partition coefficient (Wildman–Crippen LogP) is 4.63. The van der Waals surface area contributed by atoms with Gasteiger partial charge in [0.15, 0.2) is 0 Å². The molecule has 0 aromatic heterocycles. The van der Waals surface area contributed by atoms with Crippen molar-refractivity contribution in [2.45, 2.75) is 39.7 Å². The molecule has 0 aliphatic carbocycles. The summed E-state index contributed by atoms with van der Waals surface area (Å²) in [4.78, 5) is 25.7. The zero-order valence-electron chi connectivity index (χ0n) is 16.6. The Hall–Kier alpha value is -2.89. The van der Waals surface area contributed by atoms with Gasteiger partial charge in [0.05, 0.1) is 11.0 Å². The van der Waals surface area contributed by atoms with E-state index in [1.165, 1.54) is 24.6 Å². The van der Waals surface area contributed by atoms with E-state index < -0.39 is 4.92 Å². The van der Waals surface area contributed by atoms with E-state index in [0.29, 0.717) is 17.0 Å². The monoisotopic (exact) mass is 381 g/mol. The molecular formula is C22H27N3O3. The Morgan fingerprint density at radius 1 is 1.25 bits per heavy atom. The Morgan fingerprint density at radius 2 is 1.96 bits per heavy atom. The van der Waals surface area contributed by atoms with Crippen LogP contribution in [0.25, 0.3) is 0 Å². The van der Waals surface area contributed by atoms with Crippen molar-refractivity contribution in [2.24, 2.45) is 5.92 Å². The number of nitro groups is 1. The molecule has 28 heavy (non-hydrogen) atoms. The Kier molecular flexibility index (Phi) is 5.97. The predicted molar refractivity (Wildman–Crippen MR) is 111 cm³/mol. The van der Waals surface area contributed by atoms with E-state index in [4.69, 9.17) is 0 Å². The summed E-state index contributed by atoms with van der Waals surface area (Å²) in [6.07, 6.45) is 2.51. The molecule has 1 N–H and O–H groups in total. The minimum absolute atomic E-state index is 0.0413. The Labute approximate surface area is 165 Å². The van der Waals surface area contributed by atoms with E-state index in [1.807, 2.05) is 19.1 Å². The van der Waals surface area contributed by atoms with Crippen molar-refractivity contribution >= 4 is 17.3 Å². The summed E-state index contributed by atoms with van der Waals surface area (Å²) >= 11 is 0. The number of carbonyl (C=O) groups is 1. The molecule has 1 heterocycles. The van der Waals surface area contributed by atoms with Crippen LogP contribution < -0.4 is 10.2 Å². The number of hydrogen-bond donors (Lipinski definition) is 1. The number of benzene rings is 2. The fraction of sp³-hybridized carbons (Fsp3) is 0.409. The molecule has 0 radical (unpaired) electrons. The number of carbonyl (C=O) groups excluding carboxylic acids is 1. The van der Waals surface area contributed by atoms with Gasteiger partial charge in [-0.2, -0.15) is 0 Å². The summed E-state index contributed by atoms with van der Waals surface area (Å²) in [5.74, 6) is 0.410. The summed E-state index contributed by atoms with van der Waals surface area (Å²) in [6.45, 7) is 7.97. The molecule has 0 saturated carbocycles. The fourth-order valence-corrected chi connectivity index (χ4v) is 3.82. The summed E-state index contributed by atoms with van der Waals surface area (Å²) in [7, 11) is 0. The highest BCUT2D eigenvalue weighted by molar-refractivity contribution is 5.96. The van der Waals surface area contributed by atoms with Crippen LogP contribution in [0.5, 0.6) is 0 Å². The molecule has 1 saturated heterocycles. The van der Waals surface area contributed by atoms with Gasteiger partial charge in [0, 0.05) is 36.0 Å². The number of anilines is 1. The van der Waals surface area contributed by atoms with Crippen LogP contribution in [-0.2, 0) is 0 Å². The van der Waals surface area contributed by atoms with Crippen LogP contribution >= 0.6 is 0 Å². The summed E-state index contributed by atoms with van der Waals surface area (Å²) in [5.41, 5.74) is 2.89. The first-order valence-electron chi connectivity index (χ1n) is 9.76. The van der Waals surface area contributed by atoms with Crippen LogP contribution in [0, 0.1) is 23.0 Å². The topological polar surface area (TPSA) is 75.5 Å². The van der Waals surface area contributed by atoms with Crippen molar-refractivity contribution in [3.05, 3.63) is 69.3 Å². The van der Waals surface area contributed by atoms with E-state index in [9.17, 15) is 14.9 Å². The molecule has 0 spiro atoms. The number of amides is 1. The first-order chi connectivity index (χ1) is 13.4. The molecule has 1 aliphatic rings. The van der Waals surface area contributed by atoms with Gasteiger partial charge in [-0.1, -0.05) is 25.1 Å². The van der Waals surface area contributed by atoms with Gasteiger partial charge in [-0.25, -0.2) is 0 Å². The second-order valence-corrected chi connectivity index (χ2v) is 7.69. The summed E-state index contributed by atoms with van der Waals surface area (Å²) in [6, 6.07) is 12.7. The normalized spacial score (nSPS) is 17.8. The maximum Gasteiger partial charge on any atom is 0.273 e. The number of nitrogens with zero attached hydrogens (tertiary/aromatic N) is 2. The molecule has 6 heteroatoms. The van der Waals surface area contributed by atoms with E-state index >= 15 is 0 Å². The number of hydrogen-bond acceptors (Lipinski definition) is 4. The lowest BCUT2D eigenvalue weighted by Crippen LogP contribution is -2.34. The maximum absolute atomic E-state index is 12.6. The van der Waals surface area contributed by atoms with E-state index in [1.54, 1.807) is 19.1 Å². The molecule has 148 valence electrons. The van der Waals surface area contributed by atoms with Gasteiger partial charge in [-0.15, -0.1) is 0 Å². The van der Waals surface area contributed by atoms with E-state index in [2.05, 4.69) is 29.3 Å². The van der Waals surface area contributed by atoms with Gasteiger partial charge in [-0.05, 0) is 56.4 Å². The van der Waals surface area contributed by atoms with Crippen molar-refractivity contribution < 1.29 is 9.72 Å². The quantitative estimate of drug-likeness (QED) is 0.605. The van der Waals surface area contributed by atoms with Crippen LogP contribution in [0.1, 0.15) is 54.2 Å². The summed E-state index contributed by atoms with van der Waals surface area (Å²) < 4.78 is 0. The fourth-order valence-electron chi connectivity index (χ4n) is 3.82. The lowest BCUT2D eigenvalue weighted by Gasteiger charge is -2.33. The van der Waals surface area contributed by atoms with Crippen LogP contribution in [0.3, 0.4) is 0 Å². The molecule has 1 fully saturated rings. The third-order valence-corrected chi connectivity index (χ3v) is 5.51. The third-order valence-electron chi connectivity index (χ3n) is 5.51. The van der Waals surface area contributed by atoms with Gasteiger partial charge in [0.1, 0.15) is 0 Å². The first kappa shape index (κ1) is 19.9. The van der Waals surface area contributed by atoms with Crippen molar-refractivity contribution in [2.75, 3.05) is 18.0 Å². The number of nitro benzene ring substituents is 1. The zero-order valence-corrected chi connectivity index (χ0v) is 16.6. The van der Waals surface area contributed by atoms with Crippen LogP contribution in [0.2, 0.25) is 0 Å². The minimum Gasteiger partial charge on any atom is -0.371 e. The standard InChI is InChI=1S/C22H27N3O3/c1-15-6-5-13-24(14-15)19-11-9-18(10-12-19)17(3)23-22(26)20-7-4-8-21(16(20)2)25(27)28/h4,7-12,15,17H,5-6,13-14H2,1-3H3,(H,23,26). The zero-order chi connectivity index (χ0) is 20.3. The van der Waals surface area contributed by atoms with Gasteiger partial charge in [0.25, 0.3) is 11.6 Å². The molecule has 2 unspecified atom stereocenters. The second kappa shape index (κ2) is 8.42. The van der Waals surface area contributed by atoms with Crippen LogP contribution in [0.4, 0.5) is 11.4 Å². The van der Waals surface area contributed by atoms with Crippen molar-refractivity contribution in [3.8, 4) is 0 Å². The average molecular weight is 381 g/mol. The second-order valence-electron chi connectivity index (χ2n) is 7.69. The number of rotatable bonds is 5. The Balaban J connectivity index is 1.69. The van der Waals surface area contributed by atoms with E-state index in [-0.39, 0.29) is 17.6 Å². The molecule has 2 aromatic rings. The SMILES string of the molecule is Cc1c(C(=O)NC(C)c2ccc(N3CCCC(C)C3)cc2)cccc1[N+](=O)[O-]. The van der Waals surface area contributed by atoms with Gasteiger partial charge < -0.3 is 10.2 Å². The highest BCUT2D eigenvalue weighted by Crippen LogP contribution is 2.25. The molecule has 1 amide bonds. The van der Waals surface area contributed by atoms with Gasteiger partial charge in [-0.3, -0.25) is 14.9 Å². The Bertz CT molecular complexity index is 864. The minimum atomic E-state index is -0.463. The number of piperidine rings is 1. The maximum atomic E-state index is 12.6. The molecule has 2 atom stereocenters. The summed E-state index contributed by atoms with van der Waals surface area (Å²) in [5, 5.41) is 14.0. The lowest BCUT2D eigenvalue weighted by atomic mass is 9.99. The number of nitrogens with one attached hydrogen (secondary N) is 1. The smallest absolute Gasteiger partial charge is 0.273 e. The average Bonchev–Trinajstić information content (AvgIpc) is 2.68. The van der Waals surface area contributed by atoms with Gasteiger partial charge >= 0.3 is 0 Å². The van der Waals surface area contributed by atoms with Crippen LogP contribution in [-0.4, -0.2) is 23.9 Å². The Morgan fingerprint density at radius 3 is 2.61 bits per heavy atom. The molecule has 6 nitrogen and oxygen atoms in total. The molecule has 2 aromatic carbocycles. The van der Waals surface area contributed by atoms with E-state index in [0.717, 1.165) is 18.7 Å². The van der Waals surface area contributed by atoms with Crippen molar-refractivity contribution in [3.63, 3.8) is 0 Å². The van der Waals surface area contributed by atoms with Crippen molar-refractivity contribution in [1.82, 2.24) is 5.32 Å². The van der Waals surface area contributed by atoms with Crippen LogP contribution in [0.15, 0.2) is 42.5 Å². The molecule has 3 rings (SSSR count). The van der Waals surface area contributed by atoms with Gasteiger partial charge in [0.2, 0.25) is 0 Å². The van der Waals surface area contributed by atoms with Crippen molar-refractivity contribution in [1.29, 1.82) is 0 Å². The largest absolute Gasteiger partial charge is 0.371 e. The first-order valence-corrected chi connectivity index (χ1v) is 9.76. The highest BCUT2D eigenvalue weighted by atomic mass is 16.6. The third kappa shape index (κ3) is 4.32. The molecule has 0 bridgehead atoms. The molecular weight excluding hydrogens is 354 g/mol. The highest BCUT2D eigenvalue weighted by Gasteiger charge is 2.20. The lowest BCUT2D eigenvalue weighted by molar-refractivity contribution is -0.385.